The molecule has 7 heteroatoms. The molecular formula is C16H18N6O. The van der Waals surface area contributed by atoms with Gasteiger partial charge in [0, 0.05) is 44.4 Å². The first-order chi connectivity index (χ1) is 11.1. The van der Waals surface area contributed by atoms with Gasteiger partial charge in [0.15, 0.2) is 0 Å². The molecule has 0 aliphatic heterocycles. The van der Waals surface area contributed by atoms with E-state index in [-0.39, 0.29) is 5.91 Å². The highest BCUT2D eigenvalue weighted by atomic mass is 16.1. The topological polar surface area (TPSA) is 77.6 Å². The maximum atomic E-state index is 12.3. The first kappa shape index (κ1) is 15.0. The Hall–Kier alpha value is -2.96. The van der Waals surface area contributed by atoms with Crippen LogP contribution in [0.2, 0.25) is 0 Å². The molecule has 0 aliphatic rings. The van der Waals surface area contributed by atoms with Crippen molar-refractivity contribution in [2.75, 3.05) is 6.54 Å². The molecule has 2 heterocycles. The van der Waals surface area contributed by atoms with Gasteiger partial charge in [0.25, 0.3) is 5.91 Å². The predicted molar refractivity (Wildman–Crippen MR) is 85.7 cm³/mol. The van der Waals surface area contributed by atoms with Crippen LogP contribution in [0.25, 0.3) is 11.1 Å². The van der Waals surface area contributed by atoms with Crippen molar-refractivity contribution in [1.29, 1.82) is 0 Å². The van der Waals surface area contributed by atoms with Crippen molar-refractivity contribution in [2.45, 2.75) is 6.42 Å². The van der Waals surface area contributed by atoms with Gasteiger partial charge in [-0.3, -0.25) is 14.2 Å². The van der Waals surface area contributed by atoms with E-state index in [2.05, 4.69) is 20.5 Å². The summed E-state index contributed by atoms with van der Waals surface area (Å²) in [5.74, 6) is 0.743. The second kappa shape index (κ2) is 6.43. The molecule has 0 saturated carbocycles. The highest BCUT2D eigenvalue weighted by Gasteiger charge is 2.08. The molecular weight excluding hydrogens is 292 g/mol. The maximum Gasteiger partial charge on any atom is 0.251 e. The molecule has 1 amide bonds. The van der Waals surface area contributed by atoms with Crippen molar-refractivity contribution in [1.82, 2.24) is 29.9 Å². The number of nitrogens with zero attached hydrogens (tertiary/aromatic N) is 5. The van der Waals surface area contributed by atoms with Crippen molar-refractivity contribution < 1.29 is 4.79 Å². The van der Waals surface area contributed by atoms with Gasteiger partial charge in [0.05, 0.1) is 6.20 Å². The zero-order valence-electron chi connectivity index (χ0n) is 13.1. The van der Waals surface area contributed by atoms with E-state index in [1.54, 1.807) is 21.6 Å². The lowest BCUT2D eigenvalue weighted by molar-refractivity contribution is 0.0954. The van der Waals surface area contributed by atoms with Crippen LogP contribution in [-0.4, -0.2) is 37.0 Å². The van der Waals surface area contributed by atoms with E-state index in [1.165, 1.54) is 6.33 Å². The Morgan fingerprint density at radius 3 is 2.78 bits per heavy atom. The number of carbonyl (C=O) groups excluding carboxylic acids is 1. The molecule has 0 aliphatic carbocycles. The summed E-state index contributed by atoms with van der Waals surface area (Å²) in [6.45, 7) is 0.516. The normalized spacial score (nSPS) is 10.7. The van der Waals surface area contributed by atoms with Gasteiger partial charge in [0.1, 0.15) is 12.2 Å². The number of hydrogen-bond donors (Lipinski definition) is 1. The molecule has 23 heavy (non-hydrogen) atoms. The van der Waals surface area contributed by atoms with Crippen molar-refractivity contribution in [3.8, 4) is 11.1 Å². The Bertz CT molecular complexity index is 819. The molecule has 0 unspecified atom stereocenters. The van der Waals surface area contributed by atoms with Crippen LogP contribution in [0.5, 0.6) is 0 Å². The van der Waals surface area contributed by atoms with Crippen LogP contribution >= 0.6 is 0 Å². The molecule has 118 valence electrons. The molecule has 0 bridgehead atoms. The summed E-state index contributed by atoms with van der Waals surface area (Å²) in [5, 5.41) is 11.1. The molecule has 0 atom stereocenters. The average Bonchev–Trinajstić information content (AvgIpc) is 3.16. The van der Waals surface area contributed by atoms with Crippen molar-refractivity contribution in [2.24, 2.45) is 14.1 Å². The van der Waals surface area contributed by atoms with Crippen LogP contribution in [0, 0.1) is 0 Å². The maximum absolute atomic E-state index is 12.3. The standard InChI is InChI=1S/C16H18N6O/c1-21-10-14(9-19-21)12-4-3-5-13(8-12)16(23)17-7-6-15-18-11-20-22(15)2/h3-5,8-11H,6-7H2,1-2H3,(H,17,23). The van der Waals surface area contributed by atoms with Crippen LogP contribution in [0.4, 0.5) is 0 Å². The molecule has 3 rings (SSSR count). The van der Waals surface area contributed by atoms with Crippen LogP contribution in [0.15, 0.2) is 43.0 Å². The lowest BCUT2D eigenvalue weighted by Gasteiger charge is -2.06. The summed E-state index contributed by atoms with van der Waals surface area (Å²) < 4.78 is 3.44. The number of aryl methyl sites for hydroxylation is 2. The highest BCUT2D eigenvalue weighted by molar-refractivity contribution is 5.95. The van der Waals surface area contributed by atoms with Crippen molar-refractivity contribution >= 4 is 5.91 Å². The molecule has 0 radical (unpaired) electrons. The lowest BCUT2D eigenvalue weighted by Crippen LogP contribution is -2.26. The van der Waals surface area contributed by atoms with Gasteiger partial charge in [-0.1, -0.05) is 12.1 Å². The smallest absolute Gasteiger partial charge is 0.251 e. The Morgan fingerprint density at radius 2 is 2.09 bits per heavy atom. The number of aromatic nitrogens is 5. The van der Waals surface area contributed by atoms with Gasteiger partial charge in [-0.05, 0) is 17.7 Å². The quantitative estimate of drug-likeness (QED) is 0.768. The number of benzene rings is 1. The largest absolute Gasteiger partial charge is 0.352 e. The van der Waals surface area contributed by atoms with Gasteiger partial charge >= 0.3 is 0 Å². The van der Waals surface area contributed by atoms with Gasteiger partial charge in [0.2, 0.25) is 0 Å². The average molecular weight is 310 g/mol. The molecule has 0 saturated heterocycles. The third kappa shape index (κ3) is 3.45. The van der Waals surface area contributed by atoms with Crippen LogP contribution in [-0.2, 0) is 20.5 Å². The van der Waals surface area contributed by atoms with Crippen LogP contribution < -0.4 is 5.32 Å². The first-order valence-electron chi connectivity index (χ1n) is 7.33. The van der Waals surface area contributed by atoms with E-state index in [4.69, 9.17) is 0 Å². The number of hydrogen-bond acceptors (Lipinski definition) is 4. The Labute approximate surface area is 134 Å². The number of nitrogens with one attached hydrogen (secondary N) is 1. The SMILES string of the molecule is Cn1cc(-c2cccc(C(=O)NCCc3ncnn3C)c2)cn1. The Kier molecular flexibility index (Phi) is 4.18. The first-order valence-corrected chi connectivity index (χ1v) is 7.33. The van der Waals surface area contributed by atoms with Gasteiger partial charge in [-0.15, -0.1) is 0 Å². The molecule has 1 N–H and O–H groups in total. The van der Waals surface area contributed by atoms with Gasteiger partial charge in [-0.25, -0.2) is 4.98 Å². The molecule has 7 nitrogen and oxygen atoms in total. The van der Waals surface area contributed by atoms with E-state index in [9.17, 15) is 4.79 Å². The minimum Gasteiger partial charge on any atom is -0.352 e. The fourth-order valence-corrected chi connectivity index (χ4v) is 2.35. The van der Waals surface area contributed by atoms with E-state index in [1.807, 2.05) is 38.5 Å². The third-order valence-electron chi connectivity index (χ3n) is 3.60. The fourth-order valence-electron chi connectivity index (χ4n) is 2.35. The number of carbonyl (C=O) groups is 1. The number of amides is 1. The summed E-state index contributed by atoms with van der Waals surface area (Å²) >= 11 is 0. The minimum atomic E-state index is -0.0992. The summed E-state index contributed by atoms with van der Waals surface area (Å²) in [6, 6.07) is 7.51. The van der Waals surface area contributed by atoms with Crippen molar-refractivity contribution in [3.05, 3.63) is 54.4 Å². The van der Waals surface area contributed by atoms with E-state index < -0.39 is 0 Å². The van der Waals surface area contributed by atoms with Crippen molar-refractivity contribution in [3.63, 3.8) is 0 Å². The summed E-state index contributed by atoms with van der Waals surface area (Å²) in [6.07, 6.45) is 5.86. The van der Waals surface area contributed by atoms with E-state index >= 15 is 0 Å². The van der Waals surface area contributed by atoms with Gasteiger partial charge in [-0.2, -0.15) is 10.2 Å². The third-order valence-corrected chi connectivity index (χ3v) is 3.60. The van der Waals surface area contributed by atoms with Gasteiger partial charge < -0.3 is 5.32 Å². The van der Waals surface area contributed by atoms with Crippen LogP contribution in [0.1, 0.15) is 16.2 Å². The fraction of sp³-hybridized carbons (Fsp3) is 0.250. The molecule has 0 fully saturated rings. The molecule has 0 spiro atoms. The zero-order valence-corrected chi connectivity index (χ0v) is 13.1. The lowest BCUT2D eigenvalue weighted by atomic mass is 10.1. The second-order valence-corrected chi connectivity index (χ2v) is 5.29. The molecule has 2 aromatic heterocycles. The zero-order chi connectivity index (χ0) is 16.2. The van der Waals surface area contributed by atoms with Crippen LogP contribution in [0.3, 0.4) is 0 Å². The van der Waals surface area contributed by atoms with E-state index in [0.29, 0.717) is 18.5 Å². The molecule has 1 aromatic carbocycles. The Balaban J connectivity index is 1.64. The highest BCUT2D eigenvalue weighted by Crippen LogP contribution is 2.19. The number of rotatable bonds is 5. The molecule has 3 aromatic rings. The monoisotopic (exact) mass is 310 g/mol. The predicted octanol–water partition coefficient (Wildman–Crippen LogP) is 1.19. The summed E-state index contributed by atoms with van der Waals surface area (Å²) in [5.41, 5.74) is 2.59. The summed E-state index contributed by atoms with van der Waals surface area (Å²) in [7, 11) is 3.70. The Morgan fingerprint density at radius 1 is 1.22 bits per heavy atom. The summed E-state index contributed by atoms with van der Waals surface area (Å²) in [4.78, 5) is 16.4. The minimum absolute atomic E-state index is 0.0992. The van der Waals surface area contributed by atoms with E-state index in [0.717, 1.165) is 17.0 Å². The second-order valence-electron chi connectivity index (χ2n) is 5.29.